The topological polar surface area (TPSA) is 94.5 Å². The summed E-state index contributed by atoms with van der Waals surface area (Å²) >= 11 is 0. The molecule has 3 aliphatic rings. The van der Waals surface area contributed by atoms with Crippen LogP contribution in [0.2, 0.25) is 0 Å². The van der Waals surface area contributed by atoms with Crippen LogP contribution in [0.3, 0.4) is 0 Å². The van der Waals surface area contributed by atoms with Gasteiger partial charge in [-0.15, -0.1) is 0 Å². The lowest BCUT2D eigenvalue weighted by molar-refractivity contribution is -0.193. The van der Waals surface area contributed by atoms with Gasteiger partial charge in [-0.1, -0.05) is 51.0 Å². The van der Waals surface area contributed by atoms with Crippen LogP contribution >= 0.6 is 0 Å². The monoisotopic (exact) mass is 536 g/mol. The van der Waals surface area contributed by atoms with Crippen LogP contribution in [-0.4, -0.2) is 60.3 Å². The summed E-state index contributed by atoms with van der Waals surface area (Å²) < 4.78 is 24.8. The number of unbranched alkanes of at least 4 members (excludes halogenated alkanes) is 2. The molecule has 0 bridgehead atoms. The molecule has 0 aromatic rings. The number of aliphatic hydroxyl groups excluding tert-OH is 1. The number of hydrogen-bond donors (Lipinski definition) is 2. The van der Waals surface area contributed by atoms with Crippen LogP contribution in [0.4, 0.5) is 0 Å². The number of carboxylic acids is 1. The molecule has 0 spiro atoms. The van der Waals surface area contributed by atoms with Gasteiger partial charge in [-0.3, -0.25) is 4.79 Å². The van der Waals surface area contributed by atoms with Gasteiger partial charge in [-0.25, -0.2) is 0 Å². The Morgan fingerprint density at radius 2 is 1.79 bits per heavy atom. The molecular weight excluding hydrogens is 484 g/mol. The van der Waals surface area contributed by atoms with Crippen LogP contribution in [0.15, 0.2) is 24.3 Å². The van der Waals surface area contributed by atoms with Crippen LogP contribution in [-0.2, 0) is 23.7 Å². The van der Waals surface area contributed by atoms with Crippen LogP contribution < -0.4 is 0 Å². The van der Waals surface area contributed by atoms with Gasteiger partial charge in [0, 0.05) is 32.0 Å². The lowest BCUT2D eigenvalue weighted by atomic mass is 9.88. The number of ether oxygens (including phenoxy) is 4. The van der Waals surface area contributed by atoms with E-state index in [0.29, 0.717) is 18.8 Å². The molecule has 2 aliphatic heterocycles. The lowest BCUT2D eigenvalue weighted by Gasteiger charge is -2.31. The summed E-state index contributed by atoms with van der Waals surface area (Å²) in [7, 11) is 0. The minimum atomic E-state index is -0.761. The van der Waals surface area contributed by atoms with E-state index in [2.05, 4.69) is 32.1 Å². The fraction of sp³-hybridized carbons (Fsp3) is 0.839. The molecule has 218 valence electrons. The molecule has 1 aliphatic carbocycles. The standard InChI is InChI=1S/C31H52O7/c1-3-4-13-23(2)27(37-30-16-9-11-20-35-30)19-18-25-24(14-7-5-6-8-15-29(33)34)26(32)22-28(25)38-31-17-10-12-21-36-31/h5,7,18-19,23-28,30-32H,3-4,6,8-17,20-22H2,1-2H3,(H,33,34)/b7-5-,19-18+/t23-,24+,25+,26-,27+,28+,30?,31?/m0/s1. The van der Waals surface area contributed by atoms with Crippen molar-refractivity contribution in [2.45, 2.75) is 135 Å². The molecule has 2 unspecified atom stereocenters. The second-order valence-electron chi connectivity index (χ2n) is 11.4. The maximum atomic E-state index is 11.1. The van der Waals surface area contributed by atoms with Crippen molar-refractivity contribution in [3.8, 4) is 0 Å². The first-order valence-electron chi connectivity index (χ1n) is 15.2. The zero-order valence-corrected chi connectivity index (χ0v) is 23.7. The molecule has 0 amide bonds. The van der Waals surface area contributed by atoms with Gasteiger partial charge in [0.1, 0.15) is 0 Å². The first-order valence-corrected chi connectivity index (χ1v) is 15.2. The molecule has 0 aromatic carbocycles. The zero-order valence-electron chi connectivity index (χ0n) is 23.7. The van der Waals surface area contributed by atoms with Crippen molar-refractivity contribution in [1.82, 2.24) is 0 Å². The summed E-state index contributed by atoms with van der Waals surface area (Å²) in [6.07, 6.45) is 20.2. The maximum absolute atomic E-state index is 11.1. The highest BCUT2D eigenvalue weighted by Gasteiger charge is 2.42. The maximum Gasteiger partial charge on any atom is 0.303 e. The SMILES string of the molecule is CCCC[C@H](C)[C@@H](/C=C/[C@@H]1[C@@H](C/C=C\CCCC(=O)O)[C@@H](O)C[C@H]1OC1CCCCO1)OC1CCCCO1. The molecule has 2 N–H and O–H groups in total. The third-order valence-electron chi connectivity index (χ3n) is 8.24. The van der Waals surface area contributed by atoms with E-state index in [1.54, 1.807) is 0 Å². The smallest absolute Gasteiger partial charge is 0.303 e. The third kappa shape index (κ3) is 10.7. The number of carboxylic acid groups (broad SMARTS) is 1. The molecular formula is C31H52O7. The van der Waals surface area contributed by atoms with Crippen molar-refractivity contribution in [3.63, 3.8) is 0 Å². The van der Waals surface area contributed by atoms with Crippen molar-refractivity contribution in [3.05, 3.63) is 24.3 Å². The van der Waals surface area contributed by atoms with E-state index < -0.39 is 12.1 Å². The van der Waals surface area contributed by atoms with Crippen LogP contribution in [0.1, 0.15) is 104 Å². The van der Waals surface area contributed by atoms with Gasteiger partial charge in [0.15, 0.2) is 12.6 Å². The highest BCUT2D eigenvalue weighted by atomic mass is 16.7. The first-order chi connectivity index (χ1) is 18.5. The Morgan fingerprint density at radius 3 is 2.45 bits per heavy atom. The molecule has 7 nitrogen and oxygen atoms in total. The molecule has 1 saturated carbocycles. The summed E-state index contributed by atoms with van der Waals surface area (Å²) in [4.78, 5) is 10.8. The number of allylic oxidation sites excluding steroid dienone is 2. The van der Waals surface area contributed by atoms with E-state index in [1.807, 2.05) is 6.08 Å². The van der Waals surface area contributed by atoms with Crippen molar-refractivity contribution in [2.24, 2.45) is 17.8 Å². The van der Waals surface area contributed by atoms with Crippen molar-refractivity contribution >= 4 is 5.97 Å². The molecule has 38 heavy (non-hydrogen) atoms. The Bertz CT molecular complexity index is 711. The van der Waals surface area contributed by atoms with Crippen LogP contribution in [0, 0.1) is 17.8 Å². The lowest BCUT2D eigenvalue weighted by Crippen LogP contribution is -2.32. The minimum absolute atomic E-state index is 0.0353. The van der Waals surface area contributed by atoms with Gasteiger partial charge in [0.05, 0.1) is 18.3 Å². The quantitative estimate of drug-likeness (QED) is 0.174. The summed E-state index contributed by atoms with van der Waals surface area (Å²) in [5.74, 6) is -0.302. The van der Waals surface area contributed by atoms with Gasteiger partial charge in [-0.2, -0.15) is 0 Å². The molecule has 0 radical (unpaired) electrons. The van der Waals surface area contributed by atoms with E-state index in [0.717, 1.165) is 77.4 Å². The Labute approximate surface area is 229 Å². The fourth-order valence-electron chi connectivity index (χ4n) is 5.88. The summed E-state index contributed by atoms with van der Waals surface area (Å²) in [6, 6.07) is 0. The third-order valence-corrected chi connectivity index (χ3v) is 8.24. The second-order valence-corrected chi connectivity index (χ2v) is 11.4. The van der Waals surface area contributed by atoms with Crippen LogP contribution in [0.25, 0.3) is 0 Å². The average Bonchev–Trinajstić information content (AvgIpc) is 3.21. The summed E-state index contributed by atoms with van der Waals surface area (Å²) in [6.45, 7) is 5.97. The molecule has 3 rings (SSSR count). The van der Waals surface area contributed by atoms with E-state index in [-0.39, 0.29) is 43.0 Å². The van der Waals surface area contributed by atoms with Gasteiger partial charge < -0.3 is 29.2 Å². The number of carbonyl (C=O) groups is 1. The van der Waals surface area contributed by atoms with E-state index >= 15 is 0 Å². The minimum Gasteiger partial charge on any atom is -0.481 e. The van der Waals surface area contributed by atoms with Crippen LogP contribution in [0.5, 0.6) is 0 Å². The number of rotatable bonds is 16. The highest BCUT2D eigenvalue weighted by molar-refractivity contribution is 5.66. The van der Waals surface area contributed by atoms with Gasteiger partial charge >= 0.3 is 5.97 Å². The van der Waals surface area contributed by atoms with Gasteiger partial charge in [0.2, 0.25) is 0 Å². The highest BCUT2D eigenvalue weighted by Crippen LogP contribution is 2.40. The summed E-state index contributed by atoms with van der Waals surface area (Å²) in [5, 5.41) is 19.9. The number of aliphatic hydroxyl groups is 1. The molecule has 3 fully saturated rings. The predicted molar refractivity (Wildman–Crippen MR) is 148 cm³/mol. The predicted octanol–water partition coefficient (Wildman–Crippen LogP) is 6.39. The average molecular weight is 537 g/mol. The molecule has 2 heterocycles. The second kappa shape index (κ2) is 17.4. The van der Waals surface area contributed by atoms with Gasteiger partial charge in [0.25, 0.3) is 0 Å². The van der Waals surface area contributed by atoms with Crippen molar-refractivity contribution in [2.75, 3.05) is 13.2 Å². The van der Waals surface area contributed by atoms with Gasteiger partial charge in [-0.05, 0) is 76.0 Å². The zero-order chi connectivity index (χ0) is 27.2. The Balaban J connectivity index is 1.71. The van der Waals surface area contributed by atoms with Crippen molar-refractivity contribution < 1.29 is 34.0 Å². The Morgan fingerprint density at radius 1 is 1.05 bits per heavy atom. The molecule has 0 aromatic heterocycles. The number of aliphatic carboxylic acids is 1. The van der Waals surface area contributed by atoms with E-state index in [4.69, 9.17) is 24.1 Å². The normalized spacial score (nSPS) is 32.2. The first kappa shape index (κ1) is 31.3. The van der Waals surface area contributed by atoms with Crippen molar-refractivity contribution in [1.29, 1.82) is 0 Å². The molecule has 7 heteroatoms. The van der Waals surface area contributed by atoms with E-state index in [1.165, 1.54) is 6.42 Å². The molecule has 8 atom stereocenters. The van der Waals surface area contributed by atoms with E-state index in [9.17, 15) is 9.90 Å². The molecule has 2 saturated heterocycles. The Hall–Kier alpha value is -1.25. The largest absolute Gasteiger partial charge is 0.481 e. The Kier molecular flexibility index (Phi) is 14.4. The summed E-state index contributed by atoms with van der Waals surface area (Å²) in [5.41, 5.74) is 0. The number of hydrogen-bond acceptors (Lipinski definition) is 6. The fourth-order valence-corrected chi connectivity index (χ4v) is 5.88.